The Morgan fingerprint density at radius 2 is 2.05 bits per heavy atom. The first-order valence-corrected chi connectivity index (χ1v) is 6.28. The zero-order valence-electron chi connectivity index (χ0n) is 10.3. The lowest BCUT2D eigenvalue weighted by Crippen LogP contribution is -2.23. The van der Waals surface area contributed by atoms with E-state index >= 15 is 0 Å². The molecular formula is C12H11Cl2NO4. The Labute approximate surface area is 119 Å². The van der Waals surface area contributed by atoms with Gasteiger partial charge in [-0.2, -0.15) is 0 Å². The molecule has 1 atom stereocenters. The highest BCUT2D eigenvalue weighted by Gasteiger charge is 2.69. The van der Waals surface area contributed by atoms with Gasteiger partial charge in [-0.15, -0.1) is 23.2 Å². The van der Waals surface area contributed by atoms with Crippen LogP contribution in [0.25, 0.3) is 0 Å². The first-order valence-electron chi connectivity index (χ1n) is 5.52. The maximum Gasteiger partial charge on any atom is 0.320 e. The van der Waals surface area contributed by atoms with Crippen molar-refractivity contribution in [2.75, 3.05) is 0 Å². The lowest BCUT2D eigenvalue weighted by Gasteiger charge is -2.11. The molecule has 1 fully saturated rings. The van der Waals surface area contributed by atoms with Crippen molar-refractivity contribution in [1.29, 1.82) is 0 Å². The number of nitrogens with zero attached hydrogens (tertiary/aromatic N) is 1. The molecule has 2 rings (SSSR count). The molecule has 1 aliphatic rings. The maximum absolute atomic E-state index is 11.9. The molecular weight excluding hydrogens is 293 g/mol. The third-order valence-electron chi connectivity index (χ3n) is 3.28. The van der Waals surface area contributed by atoms with E-state index in [1.807, 2.05) is 0 Å². The molecule has 0 N–H and O–H groups in total. The van der Waals surface area contributed by atoms with Gasteiger partial charge in [0.25, 0.3) is 5.69 Å². The molecule has 0 aromatic heterocycles. The molecule has 1 saturated carbocycles. The Hall–Kier alpha value is -1.33. The zero-order chi connectivity index (χ0) is 14.4. The topological polar surface area (TPSA) is 69.4 Å². The molecule has 0 radical (unpaired) electrons. The summed E-state index contributed by atoms with van der Waals surface area (Å²) in [5.74, 6) is -0.295. The number of halogens is 2. The molecule has 0 saturated heterocycles. The summed E-state index contributed by atoms with van der Waals surface area (Å²) in [5.41, 5.74) is -0.535. The number of rotatable bonds is 3. The summed E-state index contributed by atoms with van der Waals surface area (Å²) in [6.45, 7) is 3.19. The summed E-state index contributed by atoms with van der Waals surface area (Å²) in [4.78, 5) is 22.1. The minimum absolute atomic E-state index is 0.0264. The Balaban J connectivity index is 2.15. The van der Waals surface area contributed by atoms with E-state index in [0.29, 0.717) is 12.0 Å². The molecule has 0 bridgehead atoms. The highest BCUT2D eigenvalue weighted by Crippen LogP contribution is 2.64. The number of nitro groups is 1. The Kier molecular flexibility index (Phi) is 3.23. The first kappa shape index (κ1) is 14.1. The van der Waals surface area contributed by atoms with Crippen molar-refractivity contribution in [2.24, 2.45) is 5.41 Å². The van der Waals surface area contributed by atoms with E-state index < -0.39 is 20.6 Å². The van der Waals surface area contributed by atoms with Crippen molar-refractivity contribution < 1.29 is 14.5 Å². The van der Waals surface area contributed by atoms with Crippen LogP contribution < -0.4 is 4.74 Å². The fourth-order valence-corrected chi connectivity index (χ4v) is 2.43. The Bertz CT molecular complexity index is 573. The van der Waals surface area contributed by atoms with Crippen LogP contribution >= 0.6 is 23.2 Å². The Morgan fingerprint density at radius 3 is 2.47 bits per heavy atom. The smallest absolute Gasteiger partial charge is 0.320 e. The van der Waals surface area contributed by atoms with Gasteiger partial charge in [0, 0.05) is 18.1 Å². The standard InChI is InChI=1S/C12H11Cl2NO4/c1-7-5-8(3-4-9(7)15(17)18)19-10(16)11(2)6-12(11,13)14/h3-5H,6H2,1-2H3. The molecule has 0 heterocycles. The number of carbonyl (C=O) groups is 1. The van der Waals surface area contributed by atoms with Gasteiger partial charge in [0.1, 0.15) is 15.5 Å². The van der Waals surface area contributed by atoms with Gasteiger partial charge in [0.15, 0.2) is 0 Å². The second kappa shape index (κ2) is 4.35. The van der Waals surface area contributed by atoms with Crippen molar-refractivity contribution in [2.45, 2.75) is 24.6 Å². The third-order valence-corrected chi connectivity index (χ3v) is 4.39. The van der Waals surface area contributed by atoms with Gasteiger partial charge in [-0.25, -0.2) is 0 Å². The van der Waals surface area contributed by atoms with Gasteiger partial charge in [-0.1, -0.05) is 0 Å². The third kappa shape index (κ3) is 2.40. The van der Waals surface area contributed by atoms with Crippen molar-refractivity contribution in [3.63, 3.8) is 0 Å². The van der Waals surface area contributed by atoms with Gasteiger partial charge in [-0.3, -0.25) is 14.9 Å². The lowest BCUT2D eigenvalue weighted by atomic mass is 10.1. The van der Waals surface area contributed by atoms with E-state index in [0.717, 1.165) is 0 Å². The van der Waals surface area contributed by atoms with Crippen LogP contribution in [0.15, 0.2) is 18.2 Å². The lowest BCUT2D eigenvalue weighted by molar-refractivity contribution is -0.385. The van der Waals surface area contributed by atoms with Crippen LogP contribution in [-0.2, 0) is 4.79 Å². The maximum atomic E-state index is 11.9. The van der Waals surface area contributed by atoms with Crippen LogP contribution in [0.3, 0.4) is 0 Å². The molecule has 0 aliphatic heterocycles. The first-order chi connectivity index (χ1) is 8.67. The predicted molar refractivity (Wildman–Crippen MR) is 70.6 cm³/mol. The van der Waals surface area contributed by atoms with Crippen LogP contribution in [0.5, 0.6) is 5.75 Å². The predicted octanol–water partition coefficient (Wildman–Crippen LogP) is 3.39. The average molecular weight is 304 g/mol. The van der Waals surface area contributed by atoms with Crippen molar-refractivity contribution in [3.8, 4) is 5.75 Å². The molecule has 0 amide bonds. The van der Waals surface area contributed by atoms with Gasteiger partial charge < -0.3 is 4.74 Å². The molecule has 1 unspecified atom stereocenters. The van der Waals surface area contributed by atoms with E-state index in [1.54, 1.807) is 13.8 Å². The number of alkyl halides is 2. The number of nitro benzene ring substituents is 1. The second-order valence-corrected chi connectivity index (χ2v) is 6.29. The molecule has 1 aromatic rings. The number of ether oxygens (including phenoxy) is 1. The van der Waals surface area contributed by atoms with Crippen molar-refractivity contribution in [3.05, 3.63) is 33.9 Å². The fourth-order valence-electron chi connectivity index (χ4n) is 1.74. The summed E-state index contributed by atoms with van der Waals surface area (Å²) in [5, 5.41) is 10.7. The molecule has 0 spiro atoms. The molecule has 7 heteroatoms. The van der Waals surface area contributed by atoms with Crippen LogP contribution in [0, 0.1) is 22.5 Å². The minimum Gasteiger partial charge on any atom is -0.426 e. The largest absolute Gasteiger partial charge is 0.426 e. The zero-order valence-corrected chi connectivity index (χ0v) is 11.8. The molecule has 19 heavy (non-hydrogen) atoms. The number of benzene rings is 1. The summed E-state index contributed by atoms with van der Waals surface area (Å²) < 4.78 is 4.06. The SMILES string of the molecule is Cc1cc(OC(=O)C2(C)CC2(Cl)Cl)ccc1[N+](=O)[O-]. The average Bonchev–Trinajstić information content (AvgIpc) is 2.79. The number of hydrogen-bond acceptors (Lipinski definition) is 4. The van der Waals surface area contributed by atoms with E-state index in [4.69, 9.17) is 27.9 Å². The fraction of sp³-hybridized carbons (Fsp3) is 0.417. The highest BCUT2D eigenvalue weighted by molar-refractivity contribution is 6.53. The summed E-state index contributed by atoms with van der Waals surface area (Å²) in [7, 11) is 0. The van der Waals surface area contributed by atoms with Gasteiger partial charge in [0.2, 0.25) is 0 Å². The van der Waals surface area contributed by atoms with E-state index in [-0.39, 0.29) is 11.4 Å². The van der Waals surface area contributed by atoms with Gasteiger partial charge >= 0.3 is 5.97 Å². The normalized spacial score (nSPS) is 23.8. The summed E-state index contributed by atoms with van der Waals surface area (Å²) in [6.07, 6.45) is 0.327. The highest BCUT2D eigenvalue weighted by atomic mass is 35.5. The number of aryl methyl sites for hydroxylation is 1. The number of hydrogen-bond donors (Lipinski definition) is 0. The van der Waals surface area contributed by atoms with Crippen LogP contribution in [0.1, 0.15) is 18.9 Å². The van der Waals surface area contributed by atoms with Crippen LogP contribution in [0.4, 0.5) is 5.69 Å². The number of esters is 1. The van der Waals surface area contributed by atoms with E-state index in [2.05, 4.69) is 0 Å². The summed E-state index contributed by atoms with van der Waals surface area (Å²) >= 11 is 11.8. The van der Waals surface area contributed by atoms with Crippen molar-refractivity contribution in [1.82, 2.24) is 0 Å². The Morgan fingerprint density at radius 1 is 1.47 bits per heavy atom. The second-order valence-electron chi connectivity index (χ2n) is 4.81. The van der Waals surface area contributed by atoms with Crippen LogP contribution in [0.2, 0.25) is 0 Å². The van der Waals surface area contributed by atoms with Crippen molar-refractivity contribution >= 4 is 34.9 Å². The van der Waals surface area contributed by atoms with Crippen LogP contribution in [-0.4, -0.2) is 15.2 Å². The molecule has 1 aromatic carbocycles. The van der Waals surface area contributed by atoms with E-state index in [1.165, 1.54) is 18.2 Å². The minimum atomic E-state index is -1.10. The monoisotopic (exact) mass is 303 g/mol. The quantitative estimate of drug-likeness (QED) is 0.282. The summed E-state index contributed by atoms with van der Waals surface area (Å²) in [6, 6.07) is 4.10. The van der Waals surface area contributed by atoms with E-state index in [9.17, 15) is 14.9 Å². The molecule has 1 aliphatic carbocycles. The molecule has 5 nitrogen and oxygen atoms in total. The molecule has 102 valence electrons. The van der Waals surface area contributed by atoms with Gasteiger partial charge in [0.05, 0.1) is 4.92 Å². The van der Waals surface area contributed by atoms with Gasteiger partial charge in [-0.05, 0) is 26.0 Å². The number of carbonyl (C=O) groups excluding carboxylic acids is 1.